The molecular weight excluding hydrogens is 508 g/mol. The smallest absolute Gasteiger partial charge is 0.260 e. The first kappa shape index (κ1) is 26.8. The monoisotopic (exact) mass is 548 g/mol. The third-order valence-electron chi connectivity index (χ3n) is 9.71. The molecule has 0 radical (unpaired) electrons. The molecule has 3 aromatic rings. The molecule has 1 saturated heterocycles. The Morgan fingerprint density at radius 3 is 2.62 bits per heavy atom. The Morgan fingerprint density at radius 2 is 1.87 bits per heavy atom. The first-order valence-corrected chi connectivity index (χ1v) is 15.3. The summed E-state index contributed by atoms with van der Waals surface area (Å²) in [4.78, 5) is 23.4. The van der Waals surface area contributed by atoms with E-state index in [1.165, 1.54) is 31.2 Å². The van der Waals surface area contributed by atoms with Crippen molar-refractivity contribution >= 4 is 28.2 Å². The number of aromatic nitrogens is 3. The third kappa shape index (κ3) is 4.99. The van der Waals surface area contributed by atoms with Gasteiger partial charge in [-0.3, -0.25) is 4.79 Å². The van der Waals surface area contributed by atoms with Crippen molar-refractivity contribution in [1.29, 1.82) is 0 Å². The second-order valence-corrected chi connectivity index (χ2v) is 12.7. The van der Waals surface area contributed by atoms with Crippen LogP contribution in [0.4, 0.5) is 5.82 Å². The average molecular weight is 549 g/mol. The zero-order valence-electron chi connectivity index (χ0n) is 23.6. The Labute approximate surface area is 236 Å². The Kier molecular flexibility index (Phi) is 7.45. The number of nitrogens with zero attached hydrogens (tertiary/aromatic N) is 3. The van der Waals surface area contributed by atoms with Crippen LogP contribution in [-0.2, 0) is 4.74 Å². The van der Waals surface area contributed by atoms with Crippen molar-refractivity contribution in [3.05, 3.63) is 62.9 Å². The van der Waals surface area contributed by atoms with Crippen LogP contribution in [0.25, 0.3) is 10.8 Å². The van der Waals surface area contributed by atoms with Crippen LogP contribution in [0.1, 0.15) is 114 Å². The van der Waals surface area contributed by atoms with E-state index in [4.69, 9.17) is 26.3 Å². The first-order valence-electron chi connectivity index (χ1n) is 14.9. The zero-order valence-corrected chi connectivity index (χ0v) is 24.4. The predicted molar refractivity (Wildman–Crippen MR) is 158 cm³/mol. The summed E-state index contributed by atoms with van der Waals surface area (Å²) in [6, 6.07) is 7.96. The topological polar surface area (TPSA) is 69.0 Å². The highest BCUT2D eigenvalue weighted by Crippen LogP contribution is 2.45. The molecule has 2 aliphatic carbocycles. The molecule has 0 bridgehead atoms. The van der Waals surface area contributed by atoms with E-state index in [9.17, 15) is 4.79 Å². The highest BCUT2D eigenvalue weighted by atomic mass is 35.5. The van der Waals surface area contributed by atoms with Crippen molar-refractivity contribution in [2.24, 2.45) is 11.8 Å². The van der Waals surface area contributed by atoms with E-state index >= 15 is 0 Å². The highest BCUT2D eigenvalue weighted by Gasteiger charge is 2.37. The van der Waals surface area contributed by atoms with Crippen molar-refractivity contribution in [2.75, 3.05) is 11.9 Å². The number of ether oxygens (including phenoxy) is 1. The maximum atomic E-state index is 13.7. The van der Waals surface area contributed by atoms with Gasteiger partial charge in [-0.15, -0.1) is 0 Å². The van der Waals surface area contributed by atoms with Gasteiger partial charge in [0, 0.05) is 29.8 Å². The number of hydrogen-bond donors (Lipinski definition) is 1. The molecule has 1 aromatic carbocycles. The standard InChI is InChI=1S/C32H41ClN4O2/c1-18-11-14-24(27-10-5-6-15-39-27)20(3)30-28(19(18)2)31(35-17-34-30)36-21(4)26-16-22-8-7-9-25(33)29(22)32(38)37(26)23-12-13-23/h7-9,16-21,23-24,27H,5-6,10-15H2,1-4H3,(H,34,35,36). The lowest BCUT2D eigenvalue weighted by Crippen LogP contribution is -2.34. The lowest BCUT2D eigenvalue weighted by molar-refractivity contribution is -0.0320. The predicted octanol–water partition coefficient (Wildman–Crippen LogP) is 7.78. The molecule has 1 saturated carbocycles. The van der Waals surface area contributed by atoms with Gasteiger partial charge in [-0.05, 0) is 87.1 Å². The number of halogens is 1. The Morgan fingerprint density at radius 1 is 1.05 bits per heavy atom. The van der Waals surface area contributed by atoms with Gasteiger partial charge in [-0.25, -0.2) is 9.97 Å². The maximum Gasteiger partial charge on any atom is 0.260 e. The minimum atomic E-state index is -0.110. The van der Waals surface area contributed by atoms with Gasteiger partial charge < -0.3 is 14.6 Å². The summed E-state index contributed by atoms with van der Waals surface area (Å²) in [5.74, 6) is 2.49. The van der Waals surface area contributed by atoms with Gasteiger partial charge in [-0.1, -0.05) is 44.5 Å². The van der Waals surface area contributed by atoms with Crippen molar-refractivity contribution in [2.45, 2.75) is 103 Å². The molecule has 1 aliphatic heterocycles. The summed E-state index contributed by atoms with van der Waals surface area (Å²) in [5.41, 5.74) is 3.38. The fourth-order valence-electron chi connectivity index (χ4n) is 7.07. The second-order valence-electron chi connectivity index (χ2n) is 12.3. The van der Waals surface area contributed by atoms with E-state index in [1.807, 2.05) is 16.7 Å². The van der Waals surface area contributed by atoms with E-state index in [0.717, 1.165) is 48.5 Å². The lowest BCUT2D eigenvalue weighted by atomic mass is 9.72. The molecule has 3 aliphatic rings. The number of hydrogen-bond acceptors (Lipinski definition) is 5. The molecule has 2 fully saturated rings. The summed E-state index contributed by atoms with van der Waals surface area (Å²) < 4.78 is 8.28. The van der Waals surface area contributed by atoms with Gasteiger partial charge in [0.2, 0.25) is 0 Å². The number of nitrogens with one attached hydrogen (secondary N) is 1. The van der Waals surface area contributed by atoms with Crippen LogP contribution < -0.4 is 10.9 Å². The van der Waals surface area contributed by atoms with Crippen molar-refractivity contribution in [3.63, 3.8) is 0 Å². The normalized spacial score (nSPS) is 28.4. The van der Waals surface area contributed by atoms with Crippen LogP contribution in [0, 0.1) is 11.8 Å². The molecule has 3 heterocycles. The summed E-state index contributed by atoms with van der Waals surface area (Å²) in [7, 11) is 0. The fraction of sp³-hybridized carbons (Fsp3) is 0.594. The van der Waals surface area contributed by atoms with Crippen LogP contribution in [0.2, 0.25) is 5.02 Å². The van der Waals surface area contributed by atoms with Gasteiger partial charge in [0.15, 0.2) is 0 Å². The molecule has 0 spiro atoms. The quantitative estimate of drug-likeness (QED) is 0.352. The molecule has 6 rings (SSSR count). The van der Waals surface area contributed by atoms with Gasteiger partial charge in [0.05, 0.1) is 28.2 Å². The second kappa shape index (κ2) is 10.9. The molecule has 6 atom stereocenters. The Bertz CT molecular complexity index is 1410. The van der Waals surface area contributed by atoms with Crippen LogP contribution in [0.15, 0.2) is 35.4 Å². The minimum absolute atomic E-state index is 0.00758. The van der Waals surface area contributed by atoms with Crippen LogP contribution in [-0.4, -0.2) is 27.2 Å². The summed E-state index contributed by atoms with van der Waals surface area (Å²) in [5, 5.41) is 5.77. The highest BCUT2D eigenvalue weighted by molar-refractivity contribution is 6.35. The summed E-state index contributed by atoms with van der Waals surface area (Å²) in [6.45, 7) is 10.0. The number of rotatable bonds is 5. The zero-order chi connectivity index (χ0) is 27.3. The molecule has 0 amide bonds. The van der Waals surface area contributed by atoms with E-state index in [2.05, 4.69) is 39.1 Å². The molecule has 208 valence electrons. The fourth-order valence-corrected chi connectivity index (χ4v) is 7.33. The van der Waals surface area contributed by atoms with E-state index in [0.29, 0.717) is 40.2 Å². The SMILES string of the molecule is CC(Nc1ncnc2c1C(C)C(C)CCC(C1CCCCO1)C2C)c1cc2cccc(Cl)c2c(=O)n1C1CC1. The van der Waals surface area contributed by atoms with Crippen LogP contribution in [0.3, 0.4) is 0 Å². The van der Waals surface area contributed by atoms with Crippen molar-refractivity contribution < 1.29 is 4.74 Å². The molecule has 39 heavy (non-hydrogen) atoms. The first-order chi connectivity index (χ1) is 18.8. The molecular formula is C32H41ClN4O2. The van der Waals surface area contributed by atoms with Gasteiger partial charge in [-0.2, -0.15) is 0 Å². The largest absolute Gasteiger partial charge is 0.378 e. The number of anilines is 1. The average Bonchev–Trinajstić information content (AvgIpc) is 3.77. The van der Waals surface area contributed by atoms with Gasteiger partial charge in [0.25, 0.3) is 5.56 Å². The number of pyridine rings is 1. The van der Waals surface area contributed by atoms with Crippen molar-refractivity contribution in [1.82, 2.24) is 14.5 Å². The number of fused-ring (bicyclic) bond motifs is 2. The van der Waals surface area contributed by atoms with E-state index < -0.39 is 0 Å². The van der Waals surface area contributed by atoms with E-state index in [-0.39, 0.29) is 17.6 Å². The van der Waals surface area contributed by atoms with Gasteiger partial charge >= 0.3 is 0 Å². The number of benzene rings is 1. The van der Waals surface area contributed by atoms with Crippen LogP contribution in [0.5, 0.6) is 0 Å². The van der Waals surface area contributed by atoms with Gasteiger partial charge in [0.1, 0.15) is 12.1 Å². The van der Waals surface area contributed by atoms with Crippen LogP contribution >= 0.6 is 11.6 Å². The maximum absolute atomic E-state index is 13.7. The Hall–Kier alpha value is -2.44. The van der Waals surface area contributed by atoms with Crippen molar-refractivity contribution in [3.8, 4) is 0 Å². The third-order valence-corrected chi connectivity index (χ3v) is 10.0. The molecule has 6 nitrogen and oxygen atoms in total. The minimum Gasteiger partial charge on any atom is -0.378 e. The lowest BCUT2D eigenvalue weighted by Gasteiger charge is -2.39. The molecule has 7 heteroatoms. The molecule has 2 aromatic heterocycles. The molecule has 1 N–H and O–H groups in total. The van der Waals surface area contributed by atoms with E-state index in [1.54, 1.807) is 12.4 Å². The summed E-state index contributed by atoms with van der Waals surface area (Å²) in [6.07, 6.45) is 9.99. The Balaban J connectivity index is 1.40. The summed E-state index contributed by atoms with van der Waals surface area (Å²) >= 11 is 6.49. The molecule has 6 unspecified atom stereocenters.